The predicted octanol–water partition coefficient (Wildman–Crippen LogP) is 5.00. The van der Waals surface area contributed by atoms with Gasteiger partial charge in [-0.2, -0.15) is 0 Å². The number of anilines is 2. The van der Waals surface area contributed by atoms with E-state index in [-0.39, 0.29) is 43.3 Å². The highest BCUT2D eigenvalue weighted by molar-refractivity contribution is 6.07. The van der Waals surface area contributed by atoms with Crippen LogP contribution in [0.5, 0.6) is 11.5 Å². The van der Waals surface area contributed by atoms with Gasteiger partial charge in [0.25, 0.3) is 5.91 Å². The maximum Gasteiger partial charge on any atom is 0.253 e. The second-order valence-electron chi connectivity index (χ2n) is 13.2. The van der Waals surface area contributed by atoms with Crippen LogP contribution < -0.4 is 19.3 Å². The van der Waals surface area contributed by atoms with Crippen molar-refractivity contribution in [2.24, 2.45) is 17.8 Å². The number of aliphatic hydroxyl groups excluding tert-OH is 1. The van der Waals surface area contributed by atoms with E-state index in [0.29, 0.717) is 48.7 Å². The molecule has 6 atom stereocenters. The number of fused-ring (bicyclic) bond motifs is 1. The van der Waals surface area contributed by atoms with Crippen LogP contribution in [0.15, 0.2) is 73.8 Å². The minimum Gasteiger partial charge on any atom is -0.497 e. The number of benzene rings is 2. The molecule has 2 aromatic rings. The fourth-order valence-electron chi connectivity index (χ4n) is 8.16. The number of rotatable bonds is 15. The summed E-state index contributed by atoms with van der Waals surface area (Å²) in [6, 6.07) is 12.7. The van der Waals surface area contributed by atoms with Gasteiger partial charge in [0.15, 0.2) is 0 Å². The molecule has 3 amide bonds. The van der Waals surface area contributed by atoms with Crippen molar-refractivity contribution in [1.82, 2.24) is 4.90 Å². The molecule has 1 spiro atoms. The van der Waals surface area contributed by atoms with Crippen LogP contribution in [0, 0.1) is 17.8 Å². The topological polar surface area (TPSA) is 109 Å². The molecule has 3 heterocycles. The van der Waals surface area contributed by atoms with Crippen molar-refractivity contribution < 1.29 is 33.7 Å². The Morgan fingerprint density at radius 1 is 0.979 bits per heavy atom. The van der Waals surface area contributed by atoms with E-state index >= 15 is 0 Å². The molecule has 10 heteroatoms. The molecule has 3 fully saturated rings. The molecule has 10 nitrogen and oxygen atoms in total. The molecule has 0 aromatic heterocycles. The van der Waals surface area contributed by atoms with Gasteiger partial charge in [-0.1, -0.05) is 32.9 Å². The Balaban J connectivity index is 1.63. The lowest BCUT2D eigenvalue weighted by Crippen LogP contribution is -2.60. The molecule has 2 aromatic carbocycles. The fraction of sp³-hybridized carbons (Fsp3) is 0.500. The maximum atomic E-state index is 15.0. The average Bonchev–Trinajstić information content (AvgIpc) is 3.70. The van der Waals surface area contributed by atoms with Gasteiger partial charge in [0.2, 0.25) is 11.8 Å². The molecule has 2 unspecified atom stereocenters. The zero-order valence-corrected chi connectivity index (χ0v) is 28.8. The number of nitrogens with zero attached hydrogens (tertiary/aromatic N) is 3. The monoisotopic (exact) mass is 659 g/mol. The zero-order valence-electron chi connectivity index (χ0n) is 28.8. The minimum atomic E-state index is -1.27. The summed E-state index contributed by atoms with van der Waals surface area (Å²) in [4.78, 5) is 49.6. The Morgan fingerprint density at radius 3 is 2.02 bits per heavy atom. The van der Waals surface area contributed by atoms with E-state index in [0.717, 1.165) is 0 Å². The van der Waals surface area contributed by atoms with Gasteiger partial charge in [0.05, 0.1) is 43.8 Å². The van der Waals surface area contributed by atoms with Crippen LogP contribution in [-0.2, 0) is 19.1 Å². The Morgan fingerprint density at radius 2 is 1.54 bits per heavy atom. The third-order valence-corrected chi connectivity index (χ3v) is 10.4. The van der Waals surface area contributed by atoms with Crippen molar-refractivity contribution in [3.8, 4) is 11.5 Å². The molecule has 0 saturated carbocycles. The number of methoxy groups -OCH3 is 1. The number of carbonyl (C=O) groups excluding carboxylic acids is 3. The molecule has 0 radical (unpaired) electrons. The van der Waals surface area contributed by atoms with Crippen LogP contribution in [-0.4, -0.2) is 84.4 Å². The van der Waals surface area contributed by atoms with Gasteiger partial charge in [-0.25, -0.2) is 0 Å². The molecular weight excluding hydrogens is 610 g/mol. The van der Waals surface area contributed by atoms with Gasteiger partial charge in [0, 0.05) is 24.5 Å². The van der Waals surface area contributed by atoms with Crippen LogP contribution in [0.2, 0.25) is 0 Å². The van der Waals surface area contributed by atoms with Crippen molar-refractivity contribution in [2.45, 2.75) is 70.2 Å². The zero-order chi connectivity index (χ0) is 34.8. The first-order valence-electron chi connectivity index (χ1n) is 16.9. The molecule has 48 heavy (non-hydrogen) atoms. The van der Waals surface area contributed by atoms with E-state index in [1.807, 2.05) is 52.0 Å². The molecule has 258 valence electrons. The van der Waals surface area contributed by atoms with E-state index in [2.05, 4.69) is 13.2 Å². The van der Waals surface area contributed by atoms with Crippen LogP contribution >= 0.6 is 0 Å². The lowest BCUT2D eigenvalue weighted by Gasteiger charge is -2.40. The van der Waals surface area contributed by atoms with Gasteiger partial charge < -0.3 is 34.0 Å². The third-order valence-electron chi connectivity index (χ3n) is 10.4. The Bertz CT molecular complexity index is 1510. The second kappa shape index (κ2) is 14.1. The Kier molecular flexibility index (Phi) is 10.4. The van der Waals surface area contributed by atoms with Crippen LogP contribution in [0.1, 0.15) is 47.0 Å². The summed E-state index contributed by atoms with van der Waals surface area (Å²) in [6.45, 7) is 16.1. The van der Waals surface area contributed by atoms with E-state index in [1.165, 1.54) is 4.90 Å². The maximum absolute atomic E-state index is 15.0. The van der Waals surface area contributed by atoms with Crippen LogP contribution in [0.25, 0.3) is 0 Å². The number of hydrogen-bond donors (Lipinski definition) is 1. The summed E-state index contributed by atoms with van der Waals surface area (Å²) < 4.78 is 18.0. The predicted molar refractivity (Wildman–Crippen MR) is 185 cm³/mol. The number of hydrogen-bond acceptors (Lipinski definition) is 7. The average molecular weight is 660 g/mol. The molecule has 1 N–H and O–H groups in total. The number of carbonyl (C=O) groups is 3. The number of amides is 3. The summed E-state index contributed by atoms with van der Waals surface area (Å²) in [7, 11) is 1.57. The van der Waals surface area contributed by atoms with E-state index < -0.39 is 35.1 Å². The summed E-state index contributed by atoms with van der Waals surface area (Å²) in [6.07, 6.45) is 4.74. The van der Waals surface area contributed by atoms with Crippen LogP contribution in [0.3, 0.4) is 0 Å². The molecule has 3 aliphatic rings. The molecular formula is C38H49N3O7. The minimum absolute atomic E-state index is 0.175. The first kappa shape index (κ1) is 35.2. The lowest BCUT2D eigenvalue weighted by atomic mass is 9.64. The molecule has 3 aliphatic heterocycles. The van der Waals surface area contributed by atoms with Gasteiger partial charge in [-0.15, -0.1) is 13.2 Å². The number of aliphatic hydroxyl groups is 1. The first-order valence-corrected chi connectivity index (χ1v) is 16.9. The normalized spacial score (nSPS) is 26.3. The fourth-order valence-corrected chi connectivity index (χ4v) is 8.16. The smallest absolute Gasteiger partial charge is 0.253 e. The van der Waals surface area contributed by atoms with Gasteiger partial charge >= 0.3 is 0 Å². The van der Waals surface area contributed by atoms with E-state index in [4.69, 9.17) is 14.2 Å². The molecule has 5 rings (SSSR count). The second-order valence-corrected chi connectivity index (χ2v) is 13.2. The van der Waals surface area contributed by atoms with Crippen molar-refractivity contribution >= 4 is 29.1 Å². The quantitative estimate of drug-likeness (QED) is 0.268. The van der Waals surface area contributed by atoms with Gasteiger partial charge in [-0.3, -0.25) is 14.4 Å². The molecule has 0 aliphatic carbocycles. The highest BCUT2D eigenvalue weighted by atomic mass is 16.5. The summed E-state index contributed by atoms with van der Waals surface area (Å²) in [5.41, 5.74) is -0.954. The number of ether oxygens (including phenoxy) is 3. The Hall–Kier alpha value is -4.15. The highest BCUT2D eigenvalue weighted by Crippen LogP contribution is 2.65. The van der Waals surface area contributed by atoms with Crippen molar-refractivity contribution in [3.05, 3.63) is 73.8 Å². The first-order chi connectivity index (χ1) is 23.1. The Labute approximate surface area is 283 Å². The molecule has 2 bridgehead atoms. The molecule has 3 saturated heterocycles. The largest absolute Gasteiger partial charge is 0.497 e. The van der Waals surface area contributed by atoms with Crippen molar-refractivity contribution in [2.75, 3.05) is 43.2 Å². The van der Waals surface area contributed by atoms with E-state index in [9.17, 15) is 19.5 Å². The summed E-state index contributed by atoms with van der Waals surface area (Å²) >= 11 is 0. The summed E-state index contributed by atoms with van der Waals surface area (Å²) in [5.74, 6) is -1.55. The SMILES string of the molecule is C=CCN(C(=O)C1N([C@@H](CO)C(C)C)C(=O)[C@@H]2[C@@H](C(=O)N(CC=C)c3ccc(OCC)cc3)[C@@]3(CC)CCC12O3)c1ccc(OC)cc1. The van der Waals surface area contributed by atoms with Crippen LogP contribution in [0.4, 0.5) is 11.4 Å². The lowest BCUT2D eigenvalue weighted by molar-refractivity contribution is -0.150. The van der Waals surface area contributed by atoms with Gasteiger partial charge in [0.1, 0.15) is 23.1 Å². The standard InChI is InChI=1S/C38H49N3O7/c1-8-22-39(26-14-18-29(19-15-26)47-11-4)34(43)31-32-35(44)41(30(24-42)25(5)6)33(38(32)21-20-37(31,10-3)48-38)36(45)40(23-9-2)27-12-16-28(46-7)17-13-27/h8-9,12-19,25,30-33,42H,1-2,10-11,20-24H2,3-7H3/t30-,31-,32-,33?,37+,38?/m0/s1. The number of likely N-dealkylation sites (tertiary alicyclic amines) is 1. The van der Waals surface area contributed by atoms with Crippen molar-refractivity contribution in [3.63, 3.8) is 0 Å². The third kappa shape index (κ3) is 5.68. The summed E-state index contributed by atoms with van der Waals surface area (Å²) in [5, 5.41) is 10.7. The van der Waals surface area contributed by atoms with Gasteiger partial charge in [-0.05, 0) is 80.6 Å². The van der Waals surface area contributed by atoms with Crippen molar-refractivity contribution in [1.29, 1.82) is 0 Å². The highest BCUT2D eigenvalue weighted by Gasteiger charge is 2.79. The van der Waals surface area contributed by atoms with E-state index in [1.54, 1.807) is 53.3 Å².